The summed E-state index contributed by atoms with van der Waals surface area (Å²) in [5.41, 5.74) is 1.50. The Morgan fingerprint density at radius 2 is 1.74 bits per heavy atom. The Bertz CT molecular complexity index is 696. The highest BCUT2D eigenvalue weighted by atomic mass is 19.4. The highest BCUT2D eigenvalue weighted by molar-refractivity contribution is 5.99. The fourth-order valence-corrected chi connectivity index (χ4v) is 2.18. The molecule has 2 rings (SSSR count). The smallest absolute Gasteiger partial charge is 0.302 e. The molecule has 0 atom stereocenters. The minimum atomic E-state index is -4.42. The molecule has 122 valence electrons. The normalized spacial score (nSPS) is 11.5. The van der Waals surface area contributed by atoms with Crippen LogP contribution in [0.5, 0.6) is 0 Å². The molecule has 1 N–H and O–H groups in total. The molecule has 0 fully saturated rings. The van der Waals surface area contributed by atoms with Gasteiger partial charge in [-0.25, -0.2) is 4.39 Å². The van der Waals surface area contributed by atoms with Crippen LogP contribution >= 0.6 is 0 Å². The summed E-state index contributed by atoms with van der Waals surface area (Å²) in [5, 5.41) is 1.99. The van der Waals surface area contributed by atoms with Gasteiger partial charge in [-0.2, -0.15) is 13.2 Å². The summed E-state index contributed by atoms with van der Waals surface area (Å²) in [6.45, 7) is -0.354. The minimum Gasteiger partial charge on any atom is -0.302 e. The number of aryl methyl sites for hydroxylation is 1. The van der Waals surface area contributed by atoms with Crippen molar-refractivity contribution in [3.05, 3.63) is 59.4 Å². The molecule has 2 nitrogen and oxygen atoms in total. The van der Waals surface area contributed by atoms with Gasteiger partial charge in [-0.3, -0.25) is 4.79 Å². The van der Waals surface area contributed by atoms with Crippen molar-refractivity contribution < 1.29 is 22.4 Å². The zero-order valence-electron chi connectivity index (χ0n) is 12.4. The van der Waals surface area contributed by atoms with E-state index < -0.39 is 30.9 Å². The SMILES string of the molecule is Cc1cc(-c2ccccc2)cc(C(=O)CNCC(F)(F)F)c1F. The van der Waals surface area contributed by atoms with Crippen molar-refractivity contribution in [2.24, 2.45) is 0 Å². The number of nitrogens with one attached hydrogen (secondary N) is 1. The zero-order valence-corrected chi connectivity index (χ0v) is 12.4. The van der Waals surface area contributed by atoms with Crippen LogP contribution in [0.4, 0.5) is 17.6 Å². The second-order valence-electron chi connectivity index (χ2n) is 5.16. The highest BCUT2D eigenvalue weighted by Gasteiger charge is 2.27. The lowest BCUT2D eigenvalue weighted by Gasteiger charge is -2.11. The molecule has 0 radical (unpaired) electrons. The average Bonchev–Trinajstić information content (AvgIpc) is 2.49. The van der Waals surface area contributed by atoms with E-state index in [0.717, 1.165) is 5.56 Å². The van der Waals surface area contributed by atoms with E-state index >= 15 is 0 Å². The number of hydrogen-bond acceptors (Lipinski definition) is 2. The van der Waals surface area contributed by atoms with E-state index in [4.69, 9.17) is 0 Å². The zero-order chi connectivity index (χ0) is 17.0. The summed E-state index contributed by atoms with van der Waals surface area (Å²) >= 11 is 0. The van der Waals surface area contributed by atoms with Gasteiger partial charge in [0.05, 0.1) is 18.7 Å². The minimum absolute atomic E-state index is 0.210. The summed E-state index contributed by atoms with van der Waals surface area (Å²) in [7, 11) is 0. The van der Waals surface area contributed by atoms with Crippen molar-refractivity contribution in [1.29, 1.82) is 0 Å². The second kappa shape index (κ2) is 6.91. The van der Waals surface area contributed by atoms with E-state index in [-0.39, 0.29) is 11.1 Å². The average molecular weight is 325 g/mol. The van der Waals surface area contributed by atoms with Gasteiger partial charge in [-0.05, 0) is 35.7 Å². The maximum absolute atomic E-state index is 14.1. The van der Waals surface area contributed by atoms with Crippen molar-refractivity contribution >= 4 is 5.78 Å². The fraction of sp³-hybridized carbons (Fsp3) is 0.235. The van der Waals surface area contributed by atoms with E-state index in [1.54, 1.807) is 18.2 Å². The third kappa shape index (κ3) is 4.63. The summed E-state index contributed by atoms with van der Waals surface area (Å²) in [4.78, 5) is 12.0. The molecule has 0 aliphatic carbocycles. The Kier molecular flexibility index (Phi) is 5.15. The maximum Gasteiger partial charge on any atom is 0.401 e. The molecule has 0 aliphatic heterocycles. The maximum atomic E-state index is 14.1. The molecule has 0 aromatic heterocycles. The van der Waals surface area contributed by atoms with Crippen LogP contribution in [0.2, 0.25) is 0 Å². The van der Waals surface area contributed by atoms with Gasteiger partial charge >= 0.3 is 6.18 Å². The van der Waals surface area contributed by atoms with Crippen LogP contribution in [-0.2, 0) is 0 Å². The molecule has 0 saturated carbocycles. The lowest BCUT2D eigenvalue weighted by molar-refractivity contribution is -0.124. The number of halogens is 4. The van der Waals surface area contributed by atoms with E-state index in [9.17, 15) is 22.4 Å². The first-order chi connectivity index (χ1) is 10.8. The van der Waals surface area contributed by atoms with Crippen LogP contribution in [0.3, 0.4) is 0 Å². The molecule has 2 aromatic rings. The Labute approximate surface area is 131 Å². The molecule has 0 amide bonds. The van der Waals surface area contributed by atoms with Gasteiger partial charge in [-0.1, -0.05) is 30.3 Å². The van der Waals surface area contributed by atoms with Crippen LogP contribution < -0.4 is 5.32 Å². The van der Waals surface area contributed by atoms with Crippen LogP contribution in [0.15, 0.2) is 42.5 Å². The van der Waals surface area contributed by atoms with Crippen molar-refractivity contribution in [1.82, 2.24) is 5.32 Å². The Hall–Kier alpha value is -2.21. The first kappa shape index (κ1) is 17.1. The lowest BCUT2D eigenvalue weighted by atomic mass is 9.97. The third-order valence-corrected chi connectivity index (χ3v) is 3.27. The molecular formula is C17H15F4NO. The molecule has 6 heteroatoms. The molecular weight excluding hydrogens is 310 g/mol. The molecule has 0 saturated heterocycles. The Morgan fingerprint density at radius 1 is 1.09 bits per heavy atom. The fourth-order valence-electron chi connectivity index (χ4n) is 2.18. The van der Waals surface area contributed by atoms with Gasteiger partial charge in [0.2, 0.25) is 0 Å². The van der Waals surface area contributed by atoms with Crippen LogP contribution in [0.1, 0.15) is 15.9 Å². The number of carbonyl (C=O) groups excluding carboxylic acids is 1. The summed E-state index contributed by atoms with van der Waals surface area (Å²) < 4.78 is 50.4. The quantitative estimate of drug-likeness (QED) is 0.661. The first-order valence-corrected chi connectivity index (χ1v) is 6.94. The van der Waals surface area contributed by atoms with E-state index in [1.165, 1.54) is 13.0 Å². The molecule has 0 bridgehead atoms. The molecule has 0 aliphatic rings. The number of rotatable bonds is 5. The predicted molar refractivity (Wildman–Crippen MR) is 79.8 cm³/mol. The number of carbonyl (C=O) groups is 1. The number of Topliss-reactive ketones (excluding diaryl/α,β-unsaturated/α-hetero) is 1. The van der Waals surface area contributed by atoms with Gasteiger partial charge in [0.25, 0.3) is 0 Å². The van der Waals surface area contributed by atoms with E-state index in [1.807, 2.05) is 23.5 Å². The topological polar surface area (TPSA) is 29.1 Å². The van der Waals surface area contributed by atoms with E-state index in [2.05, 4.69) is 0 Å². The predicted octanol–water partition coefficient (Wildman–Crippen LogP) is 4.14. The van der Waals surface area contributed by atoms with E-state index in [0.29, 0.717) is 5.56 Å². The highest BCUT2D eigenvalue weighted by Crippen LogP contribution is 2.25. The van der Waals surface area contributed by atoms with Crippen LogP contribution in [-0.4, -0.2) is 25.0 Å². The monoisotopic (exact) mass is 325 g/mol. The van der Waals surface area contributed by atoms with Crippen LogP contribution in [0, 0.1) is 12.7 Å². The number of hydrogen-bond donors (Lipinski definition) is 1. The summed E-state index contributed by atoms with van der Waals surface area (Å²) in [5.74, 6) is -1.42. The molecule has 0 unspecified atom stereocenters. The number of alkyl halides is 3. The molecule has 23 heavy (non-hydrogen) atoms. The van der Waals surface area contributed by atoms with Crippen molar-refractivity contribution in [2.45, 2.75) is 13.1 Å². The third-order valence-electron chi connectivity index (χ3n) is 3.27. The van der Waals surface area contributed by atoms with Gasteiger partial charge < -0.3 is 5.32 Å². The summed E-state index contributed by atoms with van der Waals surface area (Å²) in [6.07, 6.45) is -4.42. The number of ketones is 1. The van der Waals surface area contributed by atoms with Gasteiger partial charge in [0.15, 0.2) is 5.78 Å². The van der Waals surface area contributed by atoms with Crippen molar-refractivity contribution in [3.8, 4) is 11.1 Å². The lowest BCUT2D eigenvalue weighted by Crippen LogP contribution is -2.33. The van der Waals surface area contributed by atoms with Gasteiger partial charge in [0.1, 0.15) is 5.82 Å². The Morgan fingerprint density at radius 3 is 2.35 bits per heavy atom. The summed E-state index contributed by atoms with van der Waals surface area (Å²) in [6, 6.07) is 12.0. The van der Waals surface area contributed by atoms with Crippen LogP contribution in [0.25, 0.3) is 11.1 Å². The molecule has 0 heterocycles. The van der Waals surface area contributed by atoms with Gasteiger partial charge in [0, 0.05) is 0 Å². The second-order valence-corrected chi connectivity index (χ2v) is 5.16. The number of benzene rings is 2. The molecule has 2 aromatic carbocycles. The van der Waals surface area contributed by atoms with Crippen molar-refractivity contribution in [3.63, 3.8) is 0 Å². The largest absolute Gasteiger partial charge is 0.401 e. The van der Waals surface area contributed by atoms with Gasteiger partial charge in [-0.15, -0.1) is 0 Å². The first-order valence-electron chi connectivity index (χ1n) is 6.94. The van der Waals surface area contributed by atoms with Crippen molar-refractivity contribution in [2.75, 3.05) is 13.1 Å². The Balaban J connectivity index is 2.24. The standard InChI is InChI=1S/C17H15F4NO/c1-11-7-13(12-5-3-2-4-6-12)8-14(16(11)18)15(23)9-22-10-17(19,20)21/h2-8,22H,9-10H2,1H3. The molecule has 0 spiro atoms.